The fourth-order valence-corrected chi connectivity index (χ4v) is 2.80. The molecule has 138 valence electrons. The molecule has 3 aromatic carbocycles. The molecule has 0 heterocycles. The highest BCUT2D eigenvalue weighted by Gasteiger charge is 2.07. The van der Waals surface area contributed by atoms with Crippen LogP contribution >= 0.6 is 0 Å². The number of nitrogens with one attached hydrogen (secondary N) is 1. The SMILES string of the molecule is O=C(COc1ccccc1Cc1ccccc1)NCCc1ccc(F)cc1. The van der Waals surface area contributed by atoms with Crippen molar-refractivity contribution in [3.63, 3.8) is 0 Å². The lowest BCUT2D eigenvalue weighted by molar-refractivity contribution is -0.123. The van der Waals surface area contributed by atoms with E-state index < -0.39 is 0 Å². The molecule has 27 heavy (non-hydrogen) atoms. The molecule has 0 saturated heterocycles. The normalized spacial score (nSPS) is 10.4. The molecule has 0 aliphatic rings. The van der Waals surface area contributed by atoms with Crippen LogP contribution in [0.3, 0.4) is 0 Å². The zero-order valence-electron chi connectivity index (χ0n) is 15.0. The maximum Gasteiger partial charge on any atom is 0.257 e. The first-order chi connectivity index (χ1) is 13.2. The maximum absolute atomic E-state index is 12.9. The Morgan fingerprint density at radius 2 is 1.56 bits per heavy atom. The molecule has 3 rings (SSSR count). The van der Waals surface area contributed by atoms with Crippen LogP contribution in [0.2, 0.25) is 0 Å². The molecular formula is C23H22FNO2. The van der Waals surface area contributed by atoms with Crippen molar-refractivity contribution in [1.29, 1.82) is 0 Å². The Bertz CT molecular complexity index is 863. The van der Waals surface area contributed by atoms with Gasteiger partial charge in [-0.1, -0.05) is 60.7 Å². The summed E-state index contributed by atoms with van der Waals surface area (Å²) in [6, 6.07) is 24.2. The number of para-hydroxylation sites is 1. The lowest BCUT2D eigenvalue weighted by atomic mass is 10.0. The van der Waals surface area contributed by atoms with Crippen LogP contribution < -0.4 is 10.1 Å². The van der Waals surface area contributed by atoms with E-state index in [-0.39, 0.29) is 18.3 Å². The van der Waals surface area contributed by atoms with Gasteiger partial charge >= 0.3 is 0 Å². The minimum Gasteiger partial charge on any atom is -0.483 e. The Kier molecular flexibility index (Phi) is 6.58. The third-order valence-corrected chi connectivity index (χ3v) is 4.22. The predicted molar refractivity (Wildman–Crippen MR) is 104 cm³/mol. The van der Waals surface area contributed by atoms with Crippen LogP contribution in [-0.2, 0) is 17.6 Å². The quantitative estimate of drug-likeness (QED) is 0.653. The molecule has 0 aliphatic carbocycles. The molecule has 0 radical (unpaired) electrons. The topological polar surface area (TPSA) is 38.3 Å². The van der Waals surface area contributed by atoms with Crippen LogP contribution in [0.5, 0.6) is 5.75 Å². The summed E-state index contributed by atoms with van der Waals surface area (Å²) in [6.45, 7) is 0.453. The molecule has 0 unspecified atom stereocenters. The van der Waals surface area contributed by atoms with Crippen molar-refractivity contribution in [2.45, 2.75) is 12.8 Å². The van der Waals surface area contributed by atoms with Gasteiger partial charge in [0.2, 0.25) is 0 Å². The number of rotatable bonds is 8. The van der Waals surface area contributed by atoms with E-state index in [1.807, 2.05) is 42.5 Å². The highest BCUT2D eigenvalue weighted by Crippen LogP contribution is 2.21. The van der Waals surface area contributed by atoms with Crippen molar-refractivity contribution in [1.82, 2.24) is 5.32 Å². The second-order valence-corrected chi connectivity index (χ2v) is 6.29. The predicted octanol–water partition coefficient (Wildman–Crippen LogP) is 4.15. The summed E-state index contributed by atoms with van der Waals surface area (Å²) in [5, 5.41) is 2.83. The summed E-state index contributed by atoms with van der Waals surface area (Å²) >= 11 is 0. The molecule has 3 aromatic rings. The van der Waals surface area contributed by atoms with Crippen LogP contribution in [0.1, 0.15) is 16.7 Å². The molecule has 0 saturated carbocycles. The largest absolute Gasteiger partial charge is 0.483 e. The lowest BCUT2D eigenvalue weighted by Gasteiger charge is -2.12. The van der Waals surface area contributed by atoms with E-state index in [9.17, 15) is 9.18 Å². The van der Waals surface area contributed by atoms with Crippen molar-refractivity contribution in [2.75, 3.05) is 13.2 Å². The first-order valence-electron chi connectivity index (χ1n) is 8.96. The number of amides is 1. The van der Waals surface area contributed by atoms with Gasteiger partial charge in [0.25, 0.3) is 5.91 Å². The van der Waals surface area contributed by atoms with Gasteiger partial charge < -0.3 is 10.1 Å². The summed E-state index contributed by atoms with van der Waals surface area (Å²) in [5.74, 6) is 0.284. The van der Waals surface area contributed by atoms with E-state index in [0.717, 1.165) is 23.3 Å². The molecule has 0 aliphatic heterocycles. The van der Waals surface area contributed by atoms with Crippen LogP contribution in [0.4, 0.5) is 4.39 Å². The van der Waals surface area contributed by atoms with Crippen molar-refractivity contribution >= 4 is 5.91 Å². The van der Waals surface area contributed by atoms with Crippen molar-refractivity contribution in [2.24, 2.45) is 0 Å². The first kappa shape index (κ1) is 18.6. The average Bonchev–Trinajstić information content (AvgIpc) is 2.70. The second-order valence-electron chi connectivity index (χ2n) is 6.29. The summed E-state index contributed by atoms with van der Waals surface area (Å²) in [7, 11) is 0. The molecule has 4 heteroatoms. The van der Waals surface area contributed by atoms with Crippen molar-refractivity contribution in [3.8, 4) is 5.75 Å². The minimum absolute atomic E-state index is 0.0325. The first-order valence-corrected chi connectivity index (χ1v) is 8.96. The Hall–Kier alpha value is -3.14. The fourth-order valence-electron chi connectivity index (χ4n) is 2.80. The van der Waals surface area contributed by atoms with Gasteiger partial charge in [-0.05, 0) is 41.3 Å². The highest BCUT2D eigenvalue weighted by atomic mass is 19.1. The summed E-state index contributed by atoms with van der Waals surface area (Å²) < 4.78 is 18.6. The number of hydrogen-bond acceptors (Lipinski definition) is 2. The van der Waals surface area contributed by atoms with E-state index >= 15 is 0 Å². The third kappa shape index (κ3) is 5.96. The number of ether oxygens (including phenoxy) is 1. The monoisotopic (exact) mass is 363 g/mol. The van der Waals surface area contributed by atoms with Gasteiger partial charge in [0, 0.05) is 13.0 Å². The zero-order valence-corrected chi connectivity index (χ0v) is 15.0. The highest BCUT2D eigenvalue weighted by molar-refractivity contribution is 5.77. The van der Waals surface area contributed by atoms with Crippen LogP contribution in [0, 0.1) is 5.82 Å². The minimum atomic E-state index is -0.259. The van der Waals surface area contributed by atoms with Crippen LogP contribution in [0.15, 0.2) is 78.9 Å². The Balaban J connectivity index is 1.48. The van der Waals surface area contributed by atoms with Gasteiger partial charge in [-0.3, -0.25) is 4.79 Å². The second kappa shape index (κ2) is 9.53. The van der Waals surface area contributed by atoms with Gasteiger partial charge in [0.05, 0.1) is 0 Å². The van der Waals surface area contributed by atoms with E-state index in [4.69, 9.17) is 4.74 Å². The van der Waals surface area contributed by atoms with Gasteiger partial charge in [0.15, 0.2) is 6.61 Å². The zero-order chi connectivity index (χ0) is 18.9. The molecule has 1 N–H and O–H groups in total. The number of carbonyl (C=O) groups is 1. The molecule has 0 atom stereocenters. The Labute approximate surface area is 158 Å². The van der Waals surface area contributed by atoms with E-state index in [2.05, 4.69) is 17.4 Å². The summed E-state index contributed by atoms with van der Waals surface area (Å²) in [5.41, 5.74) is 3.21. The smallest absolute Gasteiger partial charge is 0.257 e. The summed E-state index contributed by atoms with van der Waals surface area (Å²) in [4.78, 5) is 12.0. The number of halogens is 1. The number of carbonyl (C=O) groups excluding carboxylic acids is 1. The van der Waals surface area contributed by atoms with Gasteiger partial charge in [0.1, 0.15) is 11.6 Å². The third-order valence-electron chi connectivity index (χ3n) is 4.22. The maximum atomic E-state index is 12.9. The van der Waals surface area contributed by atoms with Crippen LogP contribution in [0.25, 0.3) is 0 Å². The van der Waals surface area contributed by atoms with Gasteiger partial charge in [-0.25, -0.2) is 4.39 Å². The van der Waals surface area contributed by atoms with E-state index in [0.29, 0.717) is 13.0 Å². The fraction of sp³-hybridized carbons (Fsp3) is 0.174. The standard InChI is InChI=1S/C23H22FNO2/c24-21-12-10-18(11-13-21)14-15-25-23(26)17-27-22-9-5-4-8-20(22)16-19-6-2-1-3-7-19/h1-13H,14-17H2,(H,25,26). The Morgan fingerprint density at radius 3 is 2.33 bits per heavy atom. The number of benzene rings is 3. The van der Waals surface area contributed by atoms with E-state index in [1.54, 1.807) is 12.1 Å². The molecule has 0 bridgehead atoms. The lowest BCUT2D eigenvalue weighted by Crippen LogP contribution is -2.30. The Morgan fingerprint density at radius 1 is 0.852 bits per heavy atom. The van der Waals surface area contributed by atoms with Crippen molar-refractivity contribution in [3.05, 3.63) is 101 Å². The molecule has 0 fully saturated rings. The van der Waals surface area contributed by atoms with Gasteiger partial charge in [-0.15, -0.1) is 0 Å². The van der Waals surface area contributed by atoms with Crippen LogP contribution in [-0.4, -0.2) is 19.1 Å². The molecular weight excluding hydrogens is 341 g/mol. The van der Waals surface area contributed by atoms with E-state index in [1.165, 1.54) is 17.7 Å². The molecule has 3 nitrogen and oxygen atoms in total. The molecule has 0 spiro atoms. The molecule has 1 amide bonds. The number of hydrogen-bond donors (Lipinski definition) is 1. The van der Waals surface area contributed by atoms with Crippen molar-refractivity contribution < 1.29 is 13.9 Å². The molecule has 0 aromatic heterocycles. The average molecular weight is 363 g/mol. The van der Waals surface area contributed by atoms with Gasteiger partial charge in [-0.2, -0.15) is 0 Å². The summed E-state index contributed by atoms with van der Waals surface area (Å²) in [6.07, 6.45) is 1.40.